The van der Waals surface area contributed by atoms with Crippen LogP contribution in [0.2, 0.25) is 0 Å². The number of hydrogen-bond donors (Lipinski definition) is 2. The topological polar surface area (TPSA) is 76.1 Å². The Bertz CT molecular complexity index is 437. The highest BCUT2D eigenvalue weighted by Gasteiger charge is 2.16. The molecule has 0 spiro atoms. The Morgan fingerprint density at radius 2 is 2.26 bits per heavy atom. The van der Waals surface area contributed by atoms with Crippen LogP contribution in [0.15, 0.2) is 6.33 Å². The van der Waals surface area contributed by atoms with E-state index >= 15 is 0 Å². The molecule has 1 aromatic heterocycles. The third kappa shape index (κ3) is 3.89. The highest BCUT2D eigenvalue weighted by Crippen LogP contribution is 2.24. The molecule has 2 N–H and O–H groups in total. The van der Waals surface area contributed by atoms with Crippen molar-refractivity contribution < 1.29 is 9.53 Å². The molecule has 19 heavy (non-hydrogen) atoms. The highest BCUT2D eigenvalue weighted by molar-refractivity contribution is 5.76. The predicted molar refractivity (Wildman–Crippen MR) is 72.0 cm³/mol. The van der Waals surface area contributed by atoms with E-state index in [1.54, 1.807) is 13.4 Å². The van der Waals surface area contributed by atoms with E-state index in [1.807, 2.05) is 0 Å². The standard InChI is InChI=1S/C13H20N4O2/c1-19-8-7-14-12(18)5-6-15-13-10-3-2-4-11(10)16-9-17-13/h9H,2-8H2,1H3,(H,14,18)(H,15,16,17). The van der Waals surface area contributed by atoms with E-state index in [1.165, 1.54) is 5.56 Å². The molecule has 1 aliphatic carbocycles. The van der Waals surface area contributed by atoms with Crippen LogP contribution in [0, 0.1) is 0 Å². The highest BCUT2D eigenvalue weighted by atomic mass is 16.5. The lowest BCUT2D eigenvalue weighted by molar-refractivity contribution is -0.121. The number of aryl methyl sites for hydroxylation is 1. The Hall–Kier alpha value is -1.69. The minimum atomic E-state index is 0.0234. The van der Waals surface area contributed by atoms with Crippen LogP contribution in [0.4, 0.5) is 5.82 Å². The molecule has 1 heterocycles. The molecule has 0 aromatic carbocycles. The van der Waals surface area contributed by atoms with Gasteiger partial charge in [0.25, 0.3) is 0 Å². The van der Waals surface area contributed by atoms with Gasteiger partial charge in [-0.1, -0.05) is 0 Å². The third-order valence-electron chi connectivity index (χ3n) is 3.15. The molecule has 0 radical (unpaired) electrons. The molecule has 0 saturated heterocycles. The van der Waals surface area contributed by atoms with Crippen LogP contribution in [-0.2, 0) is 22.4 Å². The number of methoxy groups -OCH3 is 1. The van der Waals surface area contributed by atoms with Crippen molar-refractivity contribution in [1.82, 2.24) is 15.3 Å². The monoisotopic (exact) mass is 264 g/mol. The first kappa shape index (κ1) is 13.7. The van der Waals surface area contributed by atoms with Crippen molar-refractivity contribution >= 4 is 11.7 Å². The van der Waals surface area contributed by atoms with Crippen molar-refractivity contribution in [2.45, 2.75) is 25.7 Å². The molecule has 104 valence electrons. The summed E-state index contributed by atoms with van der Waals surface area (Å²) >= 11 is 0. The molecule has 0 saturated carbocycles. The van der Waals surface area contributed by atoms with Crippen molar-refractivity contribution in [3.05, 3.63) is 17.6 Å². The zero-order valence-corrected chi connectivity index (χ0v) is 11.2. The van der Waals surface area contributed by atoms with E-state index in [4.69, 9.17) is 4.74 Å². The average Bonchev–Trinajstić information content (AvgIpc) is 2.88. The maximum absolute atomic E-state index is 11.5. The lowest BCUT2D eigenvalue weighted by Crippen LogP contribution is -2.28. The quantitative estimate of drug-likeness (QED) is 0.703. The number of nitrogens with zero attached hydrogens (tertiary/aromatic N) is 2. The van der Waals surface area contributed by atoms with E-state index in [2.05, 4.69) is 20.6 Å². The van der Waals surface area contributed by atoms with Gasteiger partial charge in [-0.05, 0) is 19.3 Å². The predicted octanol–water partition coefficient (Wildman–Crippen LogP) is 0.530. The van der Waals surface area contributed by atoms with Crippen LogP contribution in [0.3, 0.4) is 0 Å². The fourth-order valence-corrected chi connectivity index (χ4v) is 2.19. The molecular weight excluding hydrogens is 244 g/mol. The van der Waals surface area contributed by atoms with E-state index in [-0.39, 0.29) is 5.91 Å². The molecule has 0 bridgehead atoms. The van der Waals surface area contributed by atoms with Crippen molar-refractivity contribution in [2.75, 3.05) is 32.1 Å². The average molecular weight is 264 g/mol. The number of carbonyl (C=O) groups excluding carboxylic acids is 1. The van der Waals surface area contributed by atoms with Gasteiger partial charge in [0.1, 0.15) is 12.1 Å². The molecule has 2 rings (SSSR count). The van der Waals surface area contributed by atoms with Gasteiger partial charge >= 0.3 is 0 Å². The molecule has 0 aliphatic heterocycles. The van der Waals surface area contributed by atoms with Gasteiger partial charge in [0.15, 0.2) is 0 Å². The first-order valence-corrected chi connectivity index (χ1v) is 6.63. The van der Waals surface area contributed by atoms with Crippen molar-refractivity contribution in [3.63, 3.8) is 0 Å². The van der Waals surface area contributed by atoms with Gasteiger partial charge in [0.05, 0.1) is 6.61 Å². The summed E-state index contributed by atoms with van der Waals surface area (Å²) in [5.41, 5.74) is 2.35. The number of hydrogen-bond acceptors (Lipinski definition) is 5. The summed E-state index contributed by atoms with van der Waals surface area (Å²) in [6.07, 6.45) is 5.22. The molecule has 0 fully saturated rings. The van der Waals surface area contributed by atoms with Crippen LogP contribution < -0.4 is 10.6 Å². The van der Waals surface area contributed by atoms with Crippen LogP contribution in [-0.4, -0.2) is 42.7 Å². The largest absolute Gasteiger partial charge is 0.383 e. The first-order chi connectivity index (χ1) is 9.31. The summed E-state index contributed by atoms with van der Waals surface area (Å²) < 4.78 is 4.87. The number of amides is 1. The molecule has 0 unspecified atom stereocenters. The first-order valence-electron chi connectivity index (χ1n) is 6.63. The number of carbonyl (C=O) groups is 1. The Morgan fingerprint density at radius 1 is 1.37 bits per heavy atom. The molecule has 6 nitrogen and oxygen atoms in total. The summed E-state index contributed by atoms with van der Waals surface area (Å²) in [7, 11) is 1.61. The Kier molecular flexibility index (Phi) is 5.09. The fourth-order valence-electron chi connectivity index (χ4n) is 2.19. The van der Waals surface area contributed by atoms with Crippen LogP contribution in [0.25, 0.3) is 0 Å². The van der Waals surface area contributed by atoms with E-state index < -0.39 is 0 Å². The van der Waals surface area contributed by atoms with Gasteiger partial charge in [-0.25, -0.2) is 9.97 Å². The molecule has 6 heteroatoms. The zero-order valence-electron chi connectivity index (χ0n) is 11.2. The maximum atomic E-state index is 11.5. The Balaban J connectivity index is 1.74. The summed E-state index contributed by atoms with van der Waals surface area (Å²) in [6, 6.07) is 0. The second-order valence-corrected chi connectivity index (χ2v) is 4.52. The van der Waals surface area contributed by atoms with Gasteiger partial charge in [-0.15, -0.1) is 0 Å². The summed E-state index contributed by atoms with van der Waals surface area (Å²) in [4.78, 5) is 20.0. The van der Waals surface area contributed by atoms with Crippen LogP contribution in [0.5, 0.6) is 0 Å². The Labute approximate surface area is 113 Å². The summed E-state index contributed by atoms with van der Waals surface area (Å²) in [5, 5.41) is 6.01. The van der Waals surface area contributed by atoms with Gasteiger partial charge in [0.2, 0.25) is 5.91 Å². The molecular formula is C13H20N4O2. The van der Waals surface area contributed by atoms with E-state index in [0.717, 1.165) is 30.8 Å². The van der Waals surface area contributed by atoms with E-state index in [9.17, 15) is 4.79 Å². The zero-order chi connectivity index (χ0) is 13.5. The second kappa shape index (κ2) is 7.04. The van der Waals surface area contributed by atoms with Crippen molar-refractivity contribution in [1.29, 1.82) is 0 Å². The second-order valence-electron chi connectivity index (χ2n) is 4.52. The number of aromatic nitrogens is 2. The minimum absolute atomic E-state index is 0.0234. The van der Waals surface area contributed by atoms with E-state index in [0.29, 0.717) is 26.1 Å². The van der Waals surface area contributed by atoms with Gasteiger partial charge in [-0.3, -0.25) is 4.79 Å². The number of ether oxygens (including phenoxy) is 1. The smallest absolute Gasteiger partial charge is 0.221 e. The number of nitrogens with one attached hydrogen (secondary N) is 2. The SMILES string of the molecule is COCCNC(=O)CCNc1ncnc2c1CCC2. The number of fused-ring (bicyclic) bond motifs is 1. The van der Waals surface area contributed by atoms with Crippen molar-refractivity contribution in [2.24, 2.45) is 0 Å². The van der Waals surface area contributed by atoms with Gasteiger partial charge < -0.3 is 15.4 Å². The lowest BCUT2D eigenvalue weighted by atomic mass is 10.2. The van der Waals surface area contributed by atoms with Gasteiger partial charge in [0, 0.05) is 37.9 Å². The molecule has 0 atom stereocenters. The summed E-state index contributed by atoms with van der Waals surface area (Å²) in [5.74, 6) is 0.905. The number of rotatable bonds is 7. The van der Waals surface area contributed by atoms with Crippen molar-refractivity contribution in [3.8, 4) is 0 Å². The molecule has 1 aliphatic rings. The lowest BCUT2D eigenvalue weighted by Gasteiger charge is -2.09. The third-order valence-corrected chi connectivity index (χ3v) is 3.15. The fraction of sp³-hybridized carbons (Fsp3) is 0.615. The van der Waals surface area contributed by atoms with Crippen LogP contribution >= 0.6 is 0 Å². The maximum Gasteiger partial charge on any atom is 0.221 e. The minimum Gasteiger partial charge on any atom is -0.383 e. The normalized spacial score (nSPS) is 13.1. The molecule has 1 aromatic rings. The molecule has 1 amide bonds. The number of anilines is 1. The Morgan fingerprint density at radius 3 is 3.11 bits per heavy atom. The van der Waals surface area contributed by atoms with Crippen LogP contribution in [0.1, 0.15) is 24.1 Å². The van der Waals surface area contributed by atoms with Gasteiger partial charge in [-0.2, -0.15) is 0 Å². The summed E-state index contributed by atoms with van der Waals surface area (Å²) in [6.45, 7) is 1.68.